The Balaban J connectivity index is 2.16. The molecule has 1 aromatic heterocycles. The van der Waals surface area contributed by atoms with Crippen LogP contribution in [0, 0.1) is 0 Å². The summed E-state index contributed by atoms with van der Waals surface area (Å²) < 4.78 is 5.09. The number of para-hydroxylation sites is 1. The van der Waals surface area contributed by atoms with E-state index in [0.717, 1.165) is 25.8 Å². The standard InChI is InChI=1S/C13H16N2O2/c1-2-3-6-9-14-13-15-11-8-5-4-7-10(11)12(16)17-13/h4-5,7-8H,2-3,6,9H2,1H3,(H,14,15). The van der Waals surface area contributed by atoms with Gasteiger partial charge in [-0.15, -0.1) is 0 Å². The molecular formula is C13H16N2O2. The summed E-state index contributed by atoms with van der Waals surface area (Å²) in [5, 5.41) is 3.55. The molecular weight excluding hydrogens is 216 g/mol. The molecule has 0 aliphatic rings. The highest BCUT2D eigenvalue weighted by Gasteiger charge is 2.04. The number of fused-ring (bicyclic) bond motifs is 1. The average molecular weight is 232 g/mol. The van der Waals surface area contributed by atoms with E-state index in [0.29, 0.717) is 16.9 Å². The molecule has 0 spiro atoms. The van der Waals surface area contributed by atoms with E-state index < -0.39 is 0 Å². The minimum absolute atomic E-state index is 0.310. The molecule has 0 fully saturated rings. The zero-order valence-electron chi connectivity index (χ0n) is 9.90. The molecule has 1 heterocycles. The topological polar surface area (TPSA) is 55.1 Å². The van der Waals surface area contributed by atoms with Gasteiger partial charge in [0.2, 0.25) is 0 Å². The van der Waals surface area contributed by atoms with Crippen molar-refractivity contribution in [1.29, 1.82) is 0 Å². The van der Waals surface area contributed by atoms with Crippen LogP contribution < -0.4 is 10.9 Å². The van der Waals surface area contributed by atoms with E-state index in [4.69, 9.17) is 4.42 Å². The lowest BCUT2D eigenvalue weighted by atomic mass is 10.2. The highest BCUT2D eigenvalue weighted by atomic mass is 16.4. The van der Waals surface area contributed by atoms with Crippen LogP contribution in [0.3, 0.4) is 0 Å². The highest BCUT2D eigenvalue weighted by molar-refractivity contribution is 5.77. The minimum Gasteiger partial charge on any atom is -0.389 e. The van der Waals surface area contributed by atoms with E-state index >= 15 is 0 Å². The van der Waals surface area contributed by atoms with Crippen molar-refractivity contribution < 1.29 is 4.42 Å². The maximum atomic E-state index is 11.6. The molecule has 90 valence electrons. The molecule has 4 nitrogen and oxygen atoms in total. The van der Waals surface area contributed by atoms with Gasteiger partial charge in [-0.3, -0.25) is 0 Å². The maximum absolute atomic E-state index is 11.6. The third-order valence-electron chi connectivity index (χ3n) is 2.59. The molecule has 1 N–H and O–H groups in total. The van der Waals surface area contributed by atoms with Crippen LogP contribution in [-0.4, -0.2) is 11.5 Å². The van der Waals surface area contributed by atoms with Gasteiger partial charge in [0.05, 0.1) is 10.9 Å². The van der Waals surface area contributed by atoms with Crippen molar-refractivity contribution in [2.75, 3.05) is 11.9 Å². The maximum Gasteiger partial charge on any atom is 0.348 e. The van der Waals surface area contributed by atoms with Crippen molar-refractivity contribution in [3.05, 3.63) is 34.7 Å². The Hall–Kier alpha value is -1.84. The average Bonchev–Trinajstić information content (AvgIpc) is 2.35. The van der Waals surface area contributed by atoms with Crippen LogP contribution in [0.15, 0.2) is 33.5 Å². The van der Waals surface area contributed by atoms with Crippen molar-refractivity contribution in [3.63, 3.8) is 0 Å². The second kappa shape index (κ2) is 5.48. The summed E-state index contributed by atoms with van der Waals surface area (Å²) in [6.07, 6.45) is 3.37. The summed E-state index contributed by atoms with van der Waals surface area (Å²) in [6, 6.07) is 7.49. The van der Waals surface area contributed by atoms with Gasteiger partial charge in [0, 0.05) is 6.54 Å². The van der Waals surface area contributed by atoms with Crippen LogP contribution in [-0.2, 0) is 0 Å². The fourth-order valence-electron chi connectivity index (χ4n) is 1.66. The summed E-state index contributed by atoms with van der Waals surface area (Å²) in [5.41, 5.74) is 0.329. The summed E-state index contributed by atoms with van der Waals surface area (Å²) in [5.74, 6) is 0. The lowest BCUT2D eigenvalue weighted by molar-refractivity contribution is 0.514. The van der Waals surface area contributed by atoms with Crippen molar-refractivity contribution in [2.45, 2.75) is 26.2 Å². The quantitative estimate of drug-likeness (QED) is 0.805. The third-order valence-corrected chi connectivity index (χ3v) is 2.59. The number of aromatic nitrogens is 1. The van der Waals surface area contributed by atoms with E-state index in [1.807, 2.05) is 12.1 Å². The van der Waals surface area contributed by atoms with Gasteiger partial charge in [-0.25, -0.2) is 4.79 Å². The van der Waals surface area contributed by atoms with Gasteiger partial charge in [-0.05, 0) is 18.6 Å². The first kappa shape index (κ1) is 11.6. The summed E-state index contributed by atoms with van der Waals surface area (Å²) in [6.45, 7) is 2.93. The SMILES string of the molecule is CCCCCNc1nc2ccccc2c(=O)o1. The Morgan fingerprint density at radius 1 is 1.29 bits per heavy atom. The van der Waals surface area contributed by atoms with Gasteiger partial charge in [0.15, 0.2) is 0 Å². The molecule has 4 heteroatoms. The molecule has 17 heavy (non-hydrogen) atoms. The first-order valence-corrected chi connectivity index (χ1v) is 5.95. The fraction of sp³-hybridized carbons (Fsp3) is 0.385. The monoisotopic (exact) mass is 232 g/mol. The number of anilines is 1. The molecule has 0 unspecified atom stereocenters. The van der Waals surface area contributed by atoms with Crippen LogP contribution in [0.4, 0.5) is 6.01 Å². The molecule has 0 radical (unpaired) electrons. The minimum atomic E-state index is -0.339. The molecule has 0 saturated heterocycles. The fourth-order valence-corrected chi connectivity index (χ4v) is 1.66. The van der Waals surface area contributed by atoms with Crippen molar-refractivity contribution in [1.82, 2.24) is 4.98 Å². The Morgan fingerprint density at radius 3 is 2.94 bits per heavy atom. The van der Waals surface area contributed by atoms with Crippen LogP contribution in [0.1, 0.15) is 26.2 Å². The van der Waals surface area contributed by atoms with E-state index in [2.05, 4.69) is 17.2 Å². The van der Waals surface area contributed by atoms with E-state index in [-0.39, 0.29) is 5.63 Å². The normalized spacial score (nSPS) is 10.6. The Kier molecular flexibility index (Phi) is 3.75. The number of benzene rings is 1. The molecule has 1 aromatic carbocycles. The van der Waals surface area contributed by atoms with Gasteiger partial charge in [0.1, 0.15) is 0 Å². The zero-order valence-corrected chi connectivity index (χ0v) is 9.90. The molecule has 0 atom stereocenters. The molecule has 0 aliphatic heterocycles. The second-order valence-electron chi connectivity index (χ2n) is 3.96. The summed E-state index contributed by atoms with van der Waals surface area (Å²) in [4.78, 5) is 15.9. The number of hydrogen-bond acceptors (Lipinski definition) is 4. The van der Waals surface area contributed by atoms with Crippen LogP contribution in [0.2, 0.25) is 0 Å². The number of nitrogens with one attached hydrogen (secondary N) is 1. The Labute approximate surface area is 99.7 Å². The van der Waals surface area contributed by atoms with E-state index in [1.54, 1.807) is 12.1 Å². The Bertz CT molecular complexity index is 548. The first-order valence-electron chi connectivity index (χ1n) is 5.95. The highest BCUT2D eigenvalue weighted by Crippen LogP contribution is 2.10. The lowest BCUT2D eigenvalue weighted by Gasteiger charge is -2.03. The molecule has 0 aliphatic carbocycles. The molecule has 2 aromatic rings. The van der Waals surface area contributed by atoms with Gasteiger partial charge >= 0.3 is 5.63 Å². The Morgan fingerprint density at radius 2 is 2.12 bits per heavy atom. The van der Waals surface area contributed by atoms with Crippen molar-refractivity contribution in [2.24, 2.45) is 0 Å². The van der Waals surface area contributed by atoms with Gasteiger partial charge in [-0.2, -0.15) is 4.98 Å². The first-order chi connectivity index (χ1) is 8.31. The summed E-state index contributed by atoms with van der Waals surface area (Å²) in [7, 11) is 0. The van der Waals surface area contributed by atoms with Gasteiger partial charge in [-0.1, -0.05) is 31.9 Å². The van der Waals surface area contributed by atoms with Crippen molar-refractivity contribution >= 4 is 16.9 Å². The number of hydrogen-bond donors (Lipinski definition) is 1. The molecule has 0 saturated carbocycles. The predicted molar refractivity (Wildman–Crippen MR) is 68.3 cm³/mol. The van der Waals surface area contributed by atoms with Crippen LogP contribution in [0.5, 0.6) is 0 Å². The smallest absolute Gasteiger partial charge is 0.348 e. The van der Waals surface area contributed by atoms with Crippen LogP contribution in [0.25, 0.3) is 10.9 Å². The number of unbranched alkanes of at least 4 members (excludes halogenated alkanes) is 2. The largest absolute Gasteiger partial charge is 0.389 e. The predicted octanol–water partition coefficient (Wildman–Crippen LogP) is 2.79. The summed E-state index contributed by atoms with van der Waals surface area (Å²) >= 11 is 0. The third kappa shape index (κ3) is 2.84. The van der Waals surface area contributed by atoms with E-state index in [1.165, 1.54) is 0 Å². The van der Waals surface area contributed by atoms with E-state index in [9.17, 15) is 4.79 Å². The number of nitrogens with zero attached hydrogens (tertiary/aromatic N) is 1. The van der Waals surface area contributed by atoms with Crippen molar-refractivity contribution in [3.8, 4) is 0 Å². The molecule has 0 amide bonds. The molecule has 2 rings (SSSR count). The van der Waals surface area contributed by atoms with Crippen LogP contribution >= 0.6 is 0 Å². The zero-order chi connectivity index (χ0) is 12.1. The lowest BCUT2D eigenvalue weighted by Crippen LogP contribution is -2.08. The number of rotatable bonds is 5. The second-order valence-corrected chi connectivity index (χ2v) is 3.96. The van der Waals surface area contributed by atoms with Gasteiger partial charge < -0.3 is 9.73 Å². The van der Waals surface area contributed by atoms with Gasteiger partial charge in [0.25, 0.3) is 6.01 Å². The molecule has 0 bridgehead atoms.